The molecule has 0 amide bonds. The average molecular weight is 377 g/mol. The first-order chi connectivity index (χ1) is 13.1. The summed E-state index contributed by atoms with van der Waals surface area (Å²) < 4.78 is 0. The lowest BCUT2D eigenvalue weighted by molar-refractivity contribution is 0.253. The molecule has 0 radical (unpaired) electrons. The van der Waals surface area contributed by atoms with Crippen LogP contribution in [0.15, 0.2) is 75.8 Å². The molecule has 1 fully saturated rings. The minimum atomic E-state index is -0.142. The van der Waals surface area contributed by atoms with Gasteiger partial charge in [0.25, 0.3) is 0 Å². The van der Waals surface area contributed by atoms with Crippen LogP contribution in [0.4, 0.5) is 0 Å². The van der Waals surface area contributed by atoms with E-state index in [0.29, 0.717) is 11.0 Å². The summed E-state index contributed by atoms with van der Waals surface area (Å²) in [6, 6.07) is 19.1. The molecule has 2 heterocycles. The molecule has 0 saturated heterocycles. The van der Waals surface area contributed by atoms with Crippen molar-refractivity contribution in [3.05, 3.63) is 82.5 Å². The number of hydrogen-bond acceptors (Lipinski definition) is 4. The van der Waals surface area contributed by atoms with Gasteiger partial charge in [-0.15, -0.1) is 0 Å². The lowest BCUT2D eigenvalue weighted by Gasteiger charge is -2.38. The predicted octanol–water partition coefficient (Wildman–Crippen LogP) is 4.64. The summed E-state index contributed by atoms with van der Waals surface area (Å²) in [6.45, 7) is 0. The van der Waals surface area contributed by atoms with Crippen LogP contribution in [0.5, 0.6) is 0 Å². The van der Waals surface area contributed by atoms with Gasteiger partial charge in [-0.3, -0.25) is 0 Å². The number of hydrogen-bond donors (Lipinski definition) is 1. The van der Waals surface area contributed by atoms with E-state index in [1.807, 2.05) is 12.3 Å². The summed E-state index contributed by atoms with van der Waals surface area (Å²) in [5.74, 6) is 0.705. The lowest BCUT2D eigenvalue weighted by Crippen LogP contribution is -2.43. The highest BCUT2D eigenvalue weighted by Gasteiger charge is 2.39. The highest BCUT2D eigenvalue weighted by molar-refractivity contribution is 6.40. The van der Waals surface area contributed by atoms with E-state index in [1.54, 1.807) is 6.21 Å². The van der Waals surface area contributed by atoms with Crippen molar-refractivity contribution in [2.75, 3.05) is 0 Å². The molecule has 1 saturated carbocycles. The lowest BCUT2D eigenvalue weighted by atomic mass is 9.72. The summed E-state index contributed by atoms with van der Waals surface area (Å²) in [5, 5.41) is 0.612. The molecule has 5 heteroatoms. The van der Waals surface area contributed by atoms with Gasteiger partial charge in [0, 0.05) is 11.7 Å². The number of guanidine groups is 1. The third-order valence-corrected chi connectivity index (χ3v) is 6.06. The molecule has 3 aliphatic rings. The van der Waals surface area contributed by atoms with Crippen LogP contribution in [-0.2, 0) is 5.54 Å². The van der Waals surface area contributed by atoms with Gasteiger partial charge in [0.1, 0.15) is 6.04 Å². The molecule has 2 aromatic carbocycles. The topological polar surface area (TPSA) is 54.0 Å². The van der Waals surface area contributed by atoms with Crippen LogP contribution in [0.2, 0.25) is 0 Å². The molecule has 0 spiro atoms. The van der Waals surface area contributed by atoms with Gasteiger partial charge in [-0.1, -0.05) is 66.2 Å². The third-order valence-electron chi connectivity index (χ3n) is 5.86. The zero-order valence-electron chi connectivity index (χ0n) is 14.9. The van der Waals surface area contributed by atoms with Gasteiger partial charge in [-0.2, -0.15) is 0 Å². The molecular weight excluding hydrogens is 356 g/mol. The molecule has 0 aromatic heterocycles. The smallest absolute Gasteiger partial charge is 0.226 e. The Morgan fingerprint density at radius 2 is 1.74 bits per heavy atom. The molecule has 2 aromatic rings. The number of allylic oxidation sites excluding steroid dienone is 1. The minimum absolute atomic E-state index is 0.0359. The molecule has 4 nitrogen and oxygen atoms in total. The van der Waals surface area contributed by atoms with Crippen LogP contribution in [-0.4, -0.2) is 17.1 Å². The Balaban J connectivity index is 1.53. The first kappa shape index (κ1) is 16.7. The minimum Gasteiger partial charge on any atom is -0.321 e. The van der Waals surface area contributed by atoms with E-state index in [0.717, 1.165) is 18.4 Å². The number of fused-ring (bicyclic) bond motifs is 1. The summed E-state index contributed by atoms with van der Waals surface area (Å²) in [5.41, 5.74) is 9.91. The molecule has 5 rings (SSSR count). The van der Waals surface area contributed by atoms with E-state index in [1.165, 1.54) is 17.5 Å². The second kappa shape index (κ2) is 6.32. The molecule has 0 bridgehead atoms. The van der Waals surface area contributed by atoms with Crippen LogP contribution in [0, 0.1) is 0 Å². The van der Waals surface area contributed by atoms with Crippen molar-refractivity contribution in [3.63, 3.8) is 0 Å². The fourth-order valence-corrected chi connectivity index (χ4v) is 4.32. The molecular formula is C22H21ClN4. The maximum Gasteiger partial charge on any atom is 0.226 e. The Kier molecular flexibility index (Phi) is 3.92. The van der Waals surface area contributed by atoms with Crippen LogP contribution >= 0.6 is 11.6 Å². The van der Waals surface area contributed by atoms with Gasteiger partial charge >= 0.3 is 0 Å². The van der Waals surface area contributed by atoms with E-state index < -0.39 is 0 Å². The highest BCUT2D eigenvalue weighted by atomic mass is 35.5. The summed E-state index contributed by atoms with van der Waals surface area (Å²) in [7, 11) is 0. The van der Waals surface area contributed by atoms with E-state index in [2.05, 4.69) is 58.4 Å². The van der Waals surface area contributed by atoms with Crippen LogP contribution in [0.25, 0.3) is 0 Å². The second-order valence-corrected chi connectivity index (χ2v) is 7.98. The number of benzene rings is 2. The first-order valence-electron chi connectivity index (χ1n) is 9.36. The van der Waals surface area contributed by atoms with Crippen molar-refractivity contribution in [1.82, 2.24) is 4.90 Å². The maximum atomic E-state index is 6.48. The van der Waals surface area contributed by atoms with Crippen molar-refractivity contribution >= 4 is 23.8 Å². The molecule has 136 valence electrons. The molecule has 2 N–H and O–H groups in total. The van der Waals surface area contributed by atoms with Crippen molar-refractivity contribution in [2.24, 2.45) is 15.7 Å². The van der Waals surface area contributed by atoms with E-state index in [4.69, 9.17) is 22.3 Å². The molecule has 27 heavy (non-hydrogen) atoms. The van der Waals surface area contributed by atoms with Crippen molar-refractivity contribution in [3.8, 4) is 0 Å². The Bertz CT molecular complexity index is 942. The van der Waals surface area contributed by atoms with Crippen molar-refractivity contribution in [2.45, 2.75) is 36.9 Å². The van der Waals surface area contributed by atoms with Gasteiger partial charge in [0.2, 0.25) is 5.96 Å². The number of rotatable bonds is 3. The Morgan fingerprint density at radius 3 is 2.41 bits per heavy atom. The fraction of sp³-hybridized carbons (Fsp3) is 0.273. The van der Waals surface area contributed by atoms with Crippen LogP contribution in [0.3, 0.4) is 0 Å². The Morgan fingerprint density at radius 1 is 1.00 bits per heavy atom. The fourth-order valence-electron chi connectivity index (χ4n) is 4.17. The Labute approximate surface area is 164 Å². The van der Waals surface area contributed by atoms with Gasteiger partial charge in [-0.05, 0) is 36.0 Å². The Hall–Kier alpha value is -2.43. The van der Waals surface area contributed by atoms with Gasteiger partial charge in [0.05, 0.1) is 17.3 Å². The number of aliphatic imine (C=N–C) groups is 2. The van der Waals surface area contributed by atoms with Crippen molar-refractivity contribution in [1.29, 1.82) is 0 Å². The zero-order chi connectivity index (χ0) is 18.4. The highest BCUT2D eigenvalue weighted by Crippen LogP contribution is 2.45. The molecule has 2 aliphatic heterocycles. The zero-order valence-corrected chi connectivity index (χ0v) is 15.7. The predicted molar refractivity (Wildman–Crippen MR) is 110 cm³/mol. The van der Waals surface area contributed by atoms with Gasteiger partial charge < -0.3 is 10.6 Å². The monoisotopic (exact) mass is 376 g/mol. The molecule has 2 atom stereocenters. The summed E-state index contributed by atoms with van der Waals surface area (Å²) in [4.78, 5) is 11.4. The third kappa shape index (κ3) is 2.80. The van der Waals surface area contributed by atoms with E-state index >= 15 is 0 Å². The second-order valence-electron chi connectivity index (χ2n) is 7.54. The molecule has 2 unspecified atom stereocenters. The van der Waals surface area contributed by atoms with E-state index in [-0.39, 0.29) is 17.6 Å². The number of nitrogens with zero attached hydrogens (tertiary/aromatic N) is 3. The number of nitrogens with two attached hydrogens (primary N) is 1. The molecule has 1 aliphatic carbocycles. The average Bonchev–Trinajstić information content (AvgIpc) is 3.05. The van der Waals surface area contributed by atoms with Gasteiger partial charge in [0.15, 0.2) is 0 Å². The van der Waals surface area contributed by atoms with Crippen molar-refractivity contribution < 1.29 is 0 Å². The normalized spacial score (nSPS) is 25.5. The van der Waals surface area contributed by atoms with Crippen LogP contribution in [0.1, 0.15) is 48.0 Å². The standard InChI is InChI=1S/C22H21ClN4/c23-18-13-25-21-26-19(20(27(21)14-18)16-5-2-1-3-6-16)15-7-9-17(10-8-15)22(24)11-4-12-22/h1-3,5-10,13-14,19-20H,4,11-12,24H2. The number of halogens is 1. The van der Waals surface area contributed by atoms with E-state index in [9.17, 15) is 0 Å². The van der Waals surface area contributed by atoms with Crippen LogP contribution < -0.4 is 5.73 Å². The SMILES string of the molecule is NC1(c2ccc(C3N=C4N=CC(Cl)=CN4C3c3ccccc3)cc2)CCC1. The quantitative estimate of drug-likeness (QED) is 0.848. The largest absolute Gasteiger partial charge is 0.321 e. The first-order valence-corrected chi connectivity index (χ1v) is 9.74. The summed E-state index contributed by atoms with van der Waals surface area (Å²) in [6.07, 6.45) is 6.92. The van der Waals surface area contributed by atoms with Gasteiger partial charge in [-0.25, -0.2) is 9.98 Å². The maximum absolute atomic E-state index is 6.48. The summed E-state index contributed by atoms with van der Waals surface area (Å²) >= 11 is 6.22.